The highest BCUT2D eigenvalue weighted by Gasteiger charge is 2.11. The van der Waals surface area contributed by atoms with Crippen LogP contribution in [0.1, 0.15) is 5.69 Å². The second-order valence-electron chi connectivity index (χ2n) is 2.94. The van der Waals surface area contributed by atoms with Crippen molar-refractivity contribution >= 4 is 17.4 Å². The molecule has 0 spiro atoms. The molecule has 16 heavy (non-hydrogen) atoms. The quantitative estimate of drug-likeness (QED) is 0.353. The van der Waals surface area contributed by atoms with Crippen LogP contribution in [0.5, 0.6) is 0 Å². The van der Waals surface area contributed by atoms with E-state index in [1.54, 1.807) is 22.9 Å². The molecule has 0 saturated carbocycles. The molecule has 0 aromatic carbocycles. The largest absolute Gasteiger partial charge is 0.409 e. The molecule has 0 saturated heterocycles. The lowest BCUT2D eigenvalue weighted by Gasteiger charge is -2.07. The standard InChI is InChI=1S/C9H8ClN5O/c10-6-4-12-5-13-9(6)15-3-1-2-7(15)8(11)14-16/h1-5,16H,(H2,11,14). The molecule has 0 atom stereocenters. The predicted molar refractivity (Wildman–Crippen MR) is 58.9 cm³/mol. The van der Waals surface area contributed by atoms with Gasteiger partial charge < -0.3 is 10.9 Å². The summed E-state index contributed by atoms with van der Waals surface area (Å²) in [4.78, 5) is 7.81. The Labute approximate surface area is 96.0 Å². The van der Waals surface area contributed by atoms with Gasteiger partial charge in [0.15, 0.2) is 11.7 Å². The lowest BCUT2D eigenvalue weighted by atomic mass is 10.4. The maximum absolute atomic E-state index is 8.63. The molecule has 0 aliphatic rings. The highest BCUT2D eigenvalue weighted by atomic mass is 35.5. The zero-order valence-corrected chi connectivity index (χ0v) is 8.83. The Morgan fingerprint density at radius 1 is 1.56 bits per heavy atom. The molecule has 2 aromatic heterocycles. The van der Waals surface area contributed by atoms with Crippen molar-refractivity contribution in [3.05, 3.63) is 41.6 Å². The fourth-order valence-electron chi connectivity index (χ4n) is 1.31. The second kappa shape index (κ2) is 4.19. The number of oxime groups is 1. The first-order valence-electron chi connectivity index (χ1n) is 4.35. The summed E-state index contributed by atoms with van der Waals surface area (Å²) in [6, 6.07) is 3.43. The van der Waals surface area contributed by atoms with Gasteiger partial charge in [0.25, 0.3) is 0 Å². The third-order valence-corrected chi connectivity index (χ3v) is 2.26. The molecule has 0 aliphatic carbocycles. The van der Waals surface area contributed by atoms with Crippen LogP contribution in [0.2, 0.25) is 5.02 Å². The van der Waals surface area contributed by atoms with Gasteiger partial charge in [0, 0.05) is 6.20 Å². The summed E-state index contributed by atoms with van der Waals surface area (Å²) in [6.07, 6.45) is 4.55. The van der Waals surface area contributed by atoms with Crippen LogP contribution in [0.25, 0.3) is 5.82 Å². The van der Waals surface area contributed by atoms with E-state index in [0.717, 1.165) is 0 Å². The van der Waals surface area contributed by atoms with Gasteiger partial charge >= 0.3 is 0 Å². The predicted octanol–water partition coefficient (Wildman–Crippen LogP) is 1.02. The first kappa shape index (κ1) is 10.4. The smallest absolute Gasteiger partial charge is 0.187 e. The molecule has 2 heterocycles. The van der Waals surface area contributed by atoms with Gasteiger partial charge in [0.1, 0.15) is 11.3 Å². The van der Waals surface area contributed by atoms with Crippen molar-refractivity contribution in [3.8, 4) is 5.82 Å². The van der Waals surface area contributed by atoms with Crippen molar-refractivity contribution in [2.24, 2.45) is 10.9 Å². The molecule has 7 heteroatoms. The van der Waals surface area contributed by atoms with Crippen LogP contribution in [-0.4, -0.2) is 25.6 Å². The maximum atomic E-state index is 8.63. The van der Waals surface area contributed by atoms with Crippen LogP contribution in [0.4, 0.5) is 0 Å². The third-order valence-electron chi connectivity index (χ3n) is 2.00. The second-order valence-corrected chi connectivity index (χ2v) is 3.35. The molecule has 0 bridgehead atoms. The number of nitrogens with zero attached hydrogens (tertiary/aromatic N) is 4. The van der Waals surface area contributed by atoms with Gasteiger partial charge in [-0.2, -0.15) is 0 Å². The van der Waals surface area contributed by atoms with E-state index in [-0.39, 0.29) is 5.84 Å². The molecular formula is C9H8ClN5O. The Hall–Kier alpha value is -2.08. The Morgan fingerprint density at radius 2 is 2.38 bits per heavy atom. The molecule has 6 nitrogen and oxygen atoms in total. The van der Waals surface area contributed by atoms with Crippen LogP contribution < -0.4 is 5.73 Å². The van der Waals surface area contributed by atoms with Crippen molar-refractivity contribution in [1.29, 1.82) is 0 Å². The van der Waals surface area contributed by atoms with Crippen molar-refractivity contribution in [1.82, 2.24) is 14.5 Å². The molecule has 3 N–H and O–H groups in total. The van der Waals surface area contributed by atoms with Crippen molar-refractivity contribution in [2.45, 2.75) is 0 Å². The number of amidine groups is 1. The van der Waals surface area contributed by atoms with E-state index in [4.69, 9.17) is 22.5 Å². The van der Waals surface area contributed by atoms with E-state index < -0.39 is 0 Å². The van der Waals surface area contributed by atoms with Crippen LogP contribution in [0.3, 0.4) is 0 Å². The maximum Gasteiger partial charge on any atom is 0.187 e. The fourth-order valence-corrected chi connectivity index (χ4v) is 1.51. The van der Waals surface area contributed by atoms with E-state index in [1.165, 1.54) is 12.5 Å². The molecule has 0 aliphatic heterocycles. The van der Waals surface area contributed by atoms with Crippen LogP contribution in [0, 0.1) is 0 Å². The van der Waals surface area contributed by atoms with E-state index in [1.807, 2.05) is 0 Å². The number of nitrogens with two attached hydrogens (primary N) is 1. The minimum Gasteiger partial charge on any atom is -0.409 e. The Kier molecular flexibility index (Phi) is 2.74. The molecule has 0 fully saturated rings. The van der Waals surface area contributed by atoms with Crippen LogP contribution in [0.15, 0.2) is 36.0 Å². The van der Waals surface area contributed by atoms with Gasteiger partial charge in [-0.15, -0.1) is 0 Å². The van der Waals surface area contributed by atoms with Gasteiger partial charge in [-0.05, 0) is 12.1 Å². The Balaban J connectivity index is 2.58. The van der Waals surface area contributed by atoms with E-state index in [2.05, 4.69) is 15.1 Å². The molecular weight excluding hydrogens is 230 g/mol. The molecule has 0 unspecified atom stereocenters. The van der Waals surface area contributed by atoms with Crippen LogP contribution >= 0.6 is 11.6 Å². The molecule has 82 valence electrons. The highest BCUT2D eigenvalue weighted by molar-refractivity contribution is 6.32. The number of aromatic nitrogens is 3. The average molecular weight is 238 g/mol. The molecule has 0 radical (unpaired) electrons. The van der Waals surface area contributed by atoms with Gasteiger partial charge in [-0.3, -0.25) is 4.57 Å². The number of hydrogen-bond donors (Lipinski definition) is 2. The van der Waals surface area contributed by atoms with Gasteiger partial charge in [-0.1, -0.05) is 16.8 Å². The van der Waals surface area contributed by atoms with E-state index in [0.29, 0.717) is 16.5 Å². The summed E-state index contributed by atoms with van der Waals surface area (Å²) in [6.45, 7) is 0. The normalized spacial score (nSPS) is 11.7. The lowest BCUT2D eigenvalue weighted by molar-refractivity contribution is 0.318. The summed E-state index contributed by atoms with van der Waals surface area (Å²) in [5.41, 5.74) is 6.02. The monoisotopic (exact) mass is 237 g/mol. The average Bonchev–Trinajstić information content (AvgIpc) is 2.77. The molecule has 2 aromatic rings. The number of halogens is 1. The zero-order chi connectivity index (χ0) is 11.5. The molecule has 2 rings (SSSR count). The third kappa shape index (κ3) is 1.70. The number of rotatable bonds is 2. The van der Waals surface area contributed by atoms with Crippen molar-refractivity contribution in [2.75, 3.05) is 0 Å². The Morgan fingerprint density at radius 3 is 3.06 bits per heavy atom. The Bertz CT molecular complexity index is 536. The first-order valence-corrected chi connectivity index (χ1v) is 4.73. The highest BCUT2D eigenvalue weighted by Crippen LogP contribution is 2.18. The minimum absolute atomic E-state index is 0.0142. The minimum atomic E-state index is -0.0142. The zero-order valence-electron chi connectivity index (χ0n) is 8.08. The van der Waals surface area contributed by atoms with E-state index >= 15 is 0 Å². The van der Waals surface area contributed by atoms with Gasteiger partial charge in [0.05, 0.1) is 11.9 Å². The lowest BCUT2D eigenvalue weighted by Crippen LogP contribution is -2.18. The number of hydrogen-bond acceptors (Lipinski definition) is 4. The van der Waals surface area contributed by atoms with E-state index in [9.17, 15) is 0 Å². The fraction of sp³-hybridized carbons (Fsp3) is 0. The van der Waals surface area contributed by atoms with Crippen molar-refractivity contribution < 1.29 is 5.21 Å². The van der Waals surface area contributed by atoms with Gasteiger partial charge in [-0.25, -0.2) is 9.97 Å². The first-order chi connectivity index (χ1) is 7.74. The summed E-state index contributed by atoms with van der Waals surface area (Å²) >= 11 is 5.95. The SMILES string of the molecule is N/C(=N/O)c1cccn1-c1ncncc1Cl. The summed E-state index contributed by atoms with van der Waals surface area (Å²) in [5.74, 6) is 0.461. The summed E-state index contributed by atoms with van der Waals surface area (Å²) < 4.78 is 1.61. The molecule has 0 amide bonds. The van der Waals surface area contributed by atoms with Gasteiger partial charge in [0.2, 0.25) is 0 Å². The summed E-state index contributed by atoms with van der Waals surface area (Å²) in [7, 11) is 0. The topological polar surface area (TPSA) is 89.3 Å². The summed E-state index contributed by atoms with van der Waals surface area (Å²) in [5, 5.41) is 11.9. The van der Waals surface area contributed by atoms with Crippen LogP contribution in [-0.2, 0) is 0 Å². The van der Waals surface area contributed by atoms with Crippen molar-refractivity contribution in [3.63, 3.8) is 0 Å².